The normalized spacial score (nSPS) is 20.7. The summed E-state index contributed by atoms with van der Waals surface area (Å²) in [5.74, 6) is 1.76. The largest absolute Gasteiger partial charge is 0.420 e. The van der Waals surface area contributed by atoms with Crippen molar-refractivity contribution in [2.45, 2.75) is 32.7 Å². The van der Waals surface area contributed by atoms with Crippen LogP contribution >= 0.6 is 0 Å². The maximum atomic E-state index is 13.7. The molecular formula is C22H25F3N4O. The molecule has 8 heteroatoms. The lowest BCUT2D eigenvalue weighted by molar-refractivity contribution is -0.137. The number of hydrogen-bond acceptors (Lipinski definition) is 4. The Bertz CT molecular complexity index is 937. The van der Waals surface area contributed by atoms with Crippen LogP contribution in [0.1, 0.15) is 30.3 Å². The summed E-state index contributed by atoms with van der Waals surface area (Å²) in [6.07, 6.45) is -1.62. The van der Waals surface area contributed by atoms with Crippen LogP contribution in [0.4, 0.5) is 13.2 Å². The molecule has 2 aromatic heterocycles. The van der Waals surface area contributed by atoms with Gasteiger partial charge < -0.3 is 4.74 Å². The first-order chi connectivity index (χ1) is 14.5. The molecule has 1 saturated carbocycles. The third kappa shape index (κ3) is 4.65. The van der Waals surface area contributed by atoms with E-state index in [4.69, 9.17) is 4.74 Å². The molecule has 30 heavy (non-hydrogen) atoms. The fourth-order valence-electron chi connectivity index (χ4n) is 4.02. The molecule has 2 aliphatic rings. The molecule has 2 atom stereocenters. The zero-order chi connectivity index (χ0) is 21.1. The third-order valence-electron chi connectivity index (χ3n) is 5.57. The standard InChI is InChI=1S/C16H19F3N4O.C6H6/c1-2-24-9-13-20-21-15-14(16(17,18)19)10(3-4-23(13)15)6-22-7-11-5-12(11)8-22;1-2-4-6-5-3-1/h3-4,11-12H,2,5-9H2,1H3;1-6H/t11-,12?;/m1./s1. The maximum absolute atomic E-state index is 13.7. The molecule has 1 aliphatic heterocycles. The van der Waals surface area contributed by atoms with Crippen molar-refractivity contribution in [3.8, 4) is 0 Å². The van der Waals surface area contributed by atoms with Gasteiger partial charge in [0, 0.05) is 32.4 Å². The Morgan fingerprint density at radius 1 is 1.03 bits per heavy atom. The van der Waals surface area contributed by atoms with Crippen LogP contribution in [0.25, 0.3) is 5.65 Å². The average molecular weight is 418 g/mol. The first-order valence-corrected chi connectivity index (χ1v) is 10.2. The number of pyridine rings is 1. The van der Waals surface area contributed by atoms with Gasteiger partial charge in [-0.1, -0.05) is 36.4 Å². The monoisotopic (exact) mass is 418 g/mol. The van der Waals surface area contributed by atoms with Gasteiger partial charge in [-0.3, -0.25) is 9.30 Å². The van der Waals surface area contributed by atoms with Crippen LogP contribution in [0.2, 0.25) is 0 Å². The quantitative estimate of drug-likeness (QED) is 0.615. The van der Waals surface area contributed by atoms with Gasteiger partial charge in [0.25, 0.3) is 0 Å². The smallest absolute Gasteiger partial charge is 0.374 e. The second-order valence-electron chi connectivity index (χ2n) is 7.77. The van der Waals surface area contributed by atoms with Crippen molar-refractivity contribution in [2.24, 2.45) is 11.8 Å². The van der Waals surface area contributed by atoms with Gasteiger partial charge in [0.1, 0.15) is 12.2 Å². The molecule has 5 nitrogen and oxygen atoms in total. The summed E-state index contributed by atoms with van der Waals surface area (Å²) >= 11 is 0. The molecule has 0 N–H and O–H groups in total. The Balaban J connectivity index is 0.000000313. The molecule has 1 saturated heterocycles. The van der Waals surface area contributed by atoms with Crippen molar-refractivity contribution >= 4 is 5.65 Å². The van der Waals surface area contributed by atoms with E-state index in [-0.39, 0.29) is 17.8 Å². The summed E-state index contributed by atoms with van der Waals surface area (Å²) in [5.41, 5.74) is -0.549. The number of hydrogen-bond donors (Lipinski definition) is 0. The molecule has 160 valence electrons. The van der Waals surface area contributed by atoms with Crippen LogP contribution in [-0.4, -0.2) is 39.2 Å². The molecular weight excluding hydrogens is 393 g/mol. The van der Waals surface area contributed by atoms with Gasteiger partial charge in [-0.15, -0.1) is 10.2 Å². The Labute approximate surface area is 173 Å². The lowest BCUT2D eigenvalue weighted by atomic mass is 10.1. The predicted molar refractivity (Wildman–Crippen MR) is 107 cm³/mol. The topological polar surface area (TPSA) is 42.7 Å². The SMILES string of the molecule is CCOCc1nnc2c(C(F)(F)F)c(CN3CC4C[C@@H]4C3)ccn12.c1ccccc1. The number of benzene rings is 1. The molecule has 3 heterocycles. The number of piperidine rings is 1. The summed E-state index contributed by atoms with van der Waals surface area (Å²) < 4.78 is 47.6. The highest BCUT2D eigenvalue weighted by atomic mass is 19.4. The Morgan fingerprint density at radius 3 is 2.23 bits per heavy atom. The van der Waals surface area contributed by atoms with Crippen molar-refractivity contribution in [3.63, 3.8) is 0 Å². The number of halogens is 3. The maximum Gasteiger partial charge on any atom is 0.420 e. The van der Waals surface area contributed by atoms with Crippen molar-refractivity contribution in [2.75, 3.05) is 19.7 Å². The van der Waals surface area contributed by atoms with Gasteiger partial charge in [-0.2, -0.15) is 13.2 Å². The van der Waals surface area contributed by atoms with Crippen LogP contribution in [0.15, 0.2) is 48.7 Å². The van der Waals surface area contributed by atoms with Crippen molar-refractivity contribution in [1.82, 2.24) is 19.5 Å². The highest BCUT2D eigenvalue weighted by Gasteiger charge is 2.45. The summed E-state index contributed by atoms with van der Waals surface area (Å²) in [6, 6.07) is 13.5. The van der Waals surface area contributed by atoms with Crippen molar-refractivity contribution < 1.29 is 17.9 Å². The molecule has 0 amide bonds. The number of alkyl halides is 3. The van der Waals surface area contributed by atoms with E-state index in [9.17, 15) is 13.2 Å². The second-order valence-corrected chi connectivity index (χ2v) is 7.77. The molecule has 0 spiro atoms. The highest BCUT2D eigenvalue weighted by Crippen LogP contribution is 2.45. The molecule has 1 aromatic carbocycles. The number of ether oxygens (including phenoxy) is 1. The van der Waals surface area contributed by atoms with Crippen LogP contribution < -0.4 is 0 Å². The highest BCUT2D eigenvalue weighted by molar-refractivity contribution is 5.53. The fraction of sp³-hybridized carbons (Fsp3) is 0.455. The van der Waals surface area contributed by atoms with Crippen LogP contribution in [0, 0.1) is 11.8 Å². The molecule has 3 aromatic rings. The van der Waals surface area contributed by atoms with Gasteiger partial charge in [-0.05, 0) is 36.8 Å². The van der Waals surface area contributed by atoms with E-state index in [0.717, 1.165) is 13.1 Å². The molecule has 0 bridgehead atoms. The van der Waals surface area contributed by atoms with Crippen molar-refractivity contribution in [1.29, 1.82) is 0 Å². The number of fused-ring (bicyclic) bond motifs is 2. The molecule has 5 rings (SSSR count). The lowest BCUT2D eigenvalue weighted by Gasteiger charge is -2.21. The van der Waals surface area contributed by atoms with Gasteiger partial charge in [0.05, 0.1) is 0 Å². The third-order valence-corrected chi connectivity index (χ3v) is 5.57. The summed E-state index contributed by atoms with van der Waals surface area (Å²) in [5, 5.41) is 7.66. The molecule has 1 unspecified atom stereocenters. The summed E-state index contributed by atoms with van der Waals surface area (Å²) in [7, 11) is 0. The first-order valence-electron chi connectivity index (χ1n) is 10.2. The van der Waals surface area contributed by atoms with Crippen molar-refractivity contribution in [3.05, 3.63) is 65.6 Å². The van der Waals surface area contributed by atoms with Crippen LogP contribution in [0.5, 0.6) is 0 Å². The Hall–Kier alpha value is -2.45. The number of rotatable bonds is 5. The number of aromatic nitrogens is 3. The minimum atomic E-state index is -4.46. The van der Waals surface area contributed by atoms with E-state index in [1.54, 1.807) is 12.3 Å². The molecule has 0 radical (unpaired) electrons. The lowest BCUT2D eigenvalue weighted by Crippen LogP contribution is -2.24. The van der Waals surface area contributed by atoms with E-state index < -0.39 is 11.7 Å². The van der Waals surface area contributed by atoms with Crippen LogP contribution in [0.3, 0.4) is 0 Å². The average Bonchev–Trinajstić information content (AvgIpc) is 3.15. The minimum Gasteiger partial charge on any atom is -0.374 e. The van der Waals surface area contributed by atoms with E-state index in [2.05, 4.69) is 15.1 Å². The zero-order valence-electron chi connectivity index (χ0n) is 16.8. The van der Waals surface area contributed by atoms with Gasteiger partial charge in [0.2, 0.25) is 0 Å². The van der Waals surface area contributed by atoms with Gasteiger partial charge in [0.15, 0.2) is 11.5 Å². The number of likely N-dealkylation sites (tertiary alicyclic amines) is 1. The Kier molecular flexibility index (Phi) is 6.06. The van der Waals surface area contributed by atoms with Gasteiger partial charge >= 0.3 is 6.18 Å². The minimum absolute atomic E-state index is 0.140. The van der Waals surface area contributed by atoms with Crippen LogP contribution in [-0.2, 0) is 24.1 Å². The van der Waals surface area contributed by atoms with E-state index in [1.165, 1.54) is 10.8 Å². The summed E-state index contributed by atoms with van der Waals surface area (Å²) in [6.45, 7) is 4.54. The summed E-state index contributed by atoms with van der Waals surface area (Å²) in [4.78, 5) is 2.11. The predicted octanol–water partition coefficient (Wildman–Crippen LogP) is 4.42. The molecule has 2 fully saturated rings. The van der Waals surface area contributed by atoms with E-state index >= 15 is 0 Å². The fourth-order valence-corrected chi connectivity index (χ4v) is 4.02. The number of nitrogens with zero attached hydrogens (tertiary/aromatic N) is 4. The second kappa shape index (κ2) is 8.73. The molecule has 1 aliphatic carbocycles. The van der Waals surface area contributed by atoms with E-state index in [0.29, 0.717) is 30.8 Å². The first kappa shape index (κ1) is 20.8. The Morgan fingerprint density at radius 2 is 1.67 bits per heavy atom. The zero-order valence-corrected chi connectivity index (χ0v) is 16.8. The van der Waals surface area contributed by atoms with Gasteiger partial charge in [-0.25, -0.2) is 0 Å². The van der Waals surface area contributed by atoms with E-state index in [1.807, 2.05) is 43.3 Å².